The van der Waals surface area contributed by atoms with Crippen LogP contribution in [-0.4, -0.2) is 32.3 Å². The van der Waals surface area contributed by atoms with Crippen molar-refractivity contribution in [1.82, 2.24) is 19.9 Å². The first kappa shape index (κ1) is 17.1. The molecule has 1 aliphatic heterocycles. The second-order valence-corrected chi connectivity index (χ2v) is 6.39. The van der Waals surface area contributed by atoms with Crippen LogP contribution in [0.1, 0.15) is 35.1 Å². The van der Waals surface area contributed by atoms with Gasteiger partial charge in [-0.1, -0.05) is 12.1 Å². The van der Waals surface area contributed by atoms with E-state index in [0.717, 1.165) is 12.0 Å². The number of H-pyrrole nitrogens is 1. The summed E-state index contributed by atoms with van der Waals surface area (Å²) in [6.07, 6.45) is 4.68. The maximum atomic E-state index is 14.0. The van der Waals surface area contributed by atoms with Crippen LogP contribution in [0.2, 0.25) is 0 Å². The van der Waals surface area contributed by atoms with Crippen LogP contribution in [0.4, 0.5) is 4.39 Å². The number of halogens is 1. The van der Waals surface area contributed by atoms with Gasteiger partial charge < -0.3 is 9.88 Å². The monoisotopic (exact) mass is 364 g/mol. The molecule has 0 unspecified atom stereocenters. The number of benzene rings is 1. The van der Waals surface area contributed by atoms with E-state index in [1.165, 1.54) is 18.2 Å². The van der Waals surface area contributed by atoms with E-state index in [2.05, 4.69) is 15.0 Å². The molecule has 1 saturated heterocycles. The lowest BCUT2D eigenvalue weighted by Gasteiger charge is -2.24. The summed E-state index contributed by atoms with van der Waals surface area (Å²) in [5.41, 5.74) is 0.932. The van der Waals surface area contributed by atoms with Crippen LogP contribution in [0, 0.1) is 5.82 Å². The number of carbonyl (C=O) groups excluding carboxylic acids is 1. The van der Waals surface area contributed by atoms with Crippen LogP contribution in [0.25, 0.3) is 11.3 Å². The minimum atomic E-state index is -0.557. The lowest BCUT2D eigenvalue weighted by atomic mass is 10.1. The van der Waals surface area contributed by atoms with Crippen molar-refractivity contribution in [3.8, 4) is 11.3 Å². The maximum absolute atomic E-state index is 14.0. The fourth-order valence-electron chi connectivity index (χ4n) is 3.38. The molecular weight excluding hydrogens is 347 g/mol. The van der Waals surface area contributed by atoms with Crippen molar-refractivity contribution in [2.75, 3.05) is 6.54 Å². The molecule has 1 aromatic carbocycles. The number of pyridine rings is 1. The van der Waals surface area contributed by atoms with Crippen molar-refractivity contribution in [3.63, 3.8) is 0 Å². The van der Waals surface area contributed by atoms with Gasteiger partial charge in [-0.3, -0.25) is 14.6 Å². The second-order valence-electron chi connectivity index (χ2n) is 6.39. The Labute approximate surface area is 154 Å². The van der Waals surface area contributed by atoms with E-state index in [0.29, 0.717) is 24.5 Å². The molecule has 1 amide bonds. The zero-order valence-corrected chi connectivity index (χ0v) is 14.4. The van der Waals surface area contributed by atoms with Gasteiger partial charge in [0.15, 0.2) is 0 Å². The molecular formula is C20H17FN4O2. The molecule has 0 radical (unpaired) electrons. The first-order valence-corrected chi connectivity index (χ1v) is 8.70. The van der Waals surface area contributed by atoms with Crippen molar-refractivity contribution in [3.05, 3.63) is 82.4 Å². The molecule has 1 aliphatic rings. The number of nitrogens with one attached hydrogen (secondary N) is 1. The molecule has 2 aromatic heterocycles. The van der Waals surface area contributed by atoms with E-state index >= 15 is 0 Å². The van der Waals surface area contributed by atoms with E-state index in [-0.39, 0.29) is 11.1 Å². The predicted molar refractivity (Wildman–Crippen MR) is 97.5 cm³/mol. The van der Waals surface area contributed by atoms with Crippen molar-refractivity contribution in [1.29, 1.82) is 0 Å². The third-order valence-electron chi connectivity index (χ3n) is 4.65. The highest BCUT2D eigenvalue weighted by Crippen LogP contribution is 2.32. The minimum absolute atomic E-state index is 0.0233. The van der Waals surface area contributed by atoms with Gasteiger partial charge in [0.25, 0.3) is 11.5 Å². The quantitative estimate of drug-likeness (QED) is 0.775. The summed E-state index contributed by atoms with van der Waals surface area (Å²) in [6.45, 7) is 0.485. The Morgan fingerprint density at radius 2 is 2.07 bits per heavy atom. The van der Waals surface area contributed by atoms with Gasteiger partial charge in [0, 0.05) is 30.6 Å². The van der Waals surface area contributed by atoms with Gasteiger partial charge in [-0.05, 0) is 37.1 Å². The lowest BCUT2D eigenvalue weighted by molar-refractivity contribution is 0.0725. The van der Waals surface area contributed by atoms with Crippen molar-refractivity contribution in [2.45, 2.75) is 18.9 Å². The number of rotatable bonds is 3. The molecule has 4 rings (SSSR count). The van der Waals surface area contributed by atoms with Gasteiger partial charge in [-0.15, -0.1) is 0 Å². The summed E-state index contributed by atoms with van der Waals surface area (Å²) in [6, 6.07) is 10.5. The van der Waals surface area contributed by atoms with Gasteiger partial charge in [0.1, 0.15) is 11.6 Å². The number of amides is 1. The summed E-state index contributed by atoms with van der Waals surface area (Å²) in [5.74, 6) is -0.549. The van der Waals surface area contributed by atoms with Crippen LogP contribution >= 0.6 is 0 Å². The molecule has 7 heteroatoms. The number of aromatic amines is 1. The van der Waals surface area contributed by atoms with Gasteiger partial charge in [-0.25, -0.2) is 9.37 Å². The second kappa shape index (κ2) is 7.11. The molecule has 6 nitrogen and oxygen atoms in total. The topological polar surface area (TPSA) is 79.0 Å². The summed E-state index contributed by atoms with van der Waals surface area (Å²) in [5, 5.41) is 0. The molecule has 0 spiro atoms. The maximum Gasteiger partial charge on any atom is 0.257 e. The first-order valence-electron chi connectivity index (χ1n) is 8.70. The molecule has 0 aliphatic carbocycles. The molecule has 1 fully saturated rings. The number of hydrogen-bond donors (Lipinski definition) is 1. The van der Waals surface area contributed by atoms with Crippen LogP contribution in [0.3, 0.4) is 0 Å². The molecule has 136 valence electrons. The number of nitrogens with zero attached hydrogens (tertiary/aromatic N) is 3. The van der Waals surface area contributed by atoms with E-state index < -0.39 is 17.8 Å². The first-order chi connectivity index (χ1) is 13.1. The Morgan fingerprint density at radius 3 is 2.85 bits per heavy atom. The van der Waals surface area contributed by atoms with Crippen molar-refractivity contribution < 1.29 is 9.18 Å². The fourth-order valence-corrected chi connectivity index (χ4v) is 3.38. The van der Waals surface area contributed by atoms with Gasteiger partial charge in [-0.2, -0.15) is 0 Å². The average molecular weight is 364 g/mol. The third-order valence-corrected chi connectivity index (χ3v) is 4.65. The van der Waals surface area contributed by atoms with Crippen LogP contribution in [-0.2, 0) is 0 Å². The smallest absolute Gasteiger partial charge is 0.257 e. The molecule has 27 heavy (non-hydrogen) atoms. The van der Waals surface area contributed by atoms with Gasteiger partial charge in [0.05, 0.1) is 17.3 Å². The Balaban J connectivity index is 1.70. The fraction of sp³-hybridized carbons (Fsp3) is 0.200. The predicted octanol–water partition coefficient (Wildman–Crippen LogP) is 2.95. The van der Waals surface area contributed by atoms with E-state index in [9.17, 15) is 14.0 Å². The Bertz CT molecular complexity index is 1040. The Morgan fingerprint density at radius 1 is 1.22 bits per heavy atom. The molecule has 3 aromatic rings. The average Bonchev–Trinajstić information content (AvgIpc) is 3.18. The largest absolute Gasteiger partial charge is 0.328 e. The zero-order valence-electron chi connectivity index (χ0n) is 14.4. The third kappa shape index (κ3) is 3.36. The highest BCUT2D eigenvalue weighted by atomic mass is 19.1. The number of likely N-dealkylation sites (tertiary alicyclic amines) is 1. The normalized spacial score (nSPS) is 16.5. The summed E-state index contributed by atoms with van der Waals surface area (Å²) >= 11 is 0. The number of carbonyl (C=O) groups is 1. The summed E-state index contributed by atoms with van der Waals surface area (Å²) < 4.78 is 14.0. The van der Waals surface area contributed by atoms with E-state index in [1.807, 2.05) is 6.07 Å². The Kier molecular flexibility index (Phi) is 4.50. The molecule has 0 bridgehead atoms. The highest BCUT2D eigenvalue weighted by Gasteiger charge is 2.33. The zero-order chi connectivity index (χ0) is 18.8. The van der Waals surface area contributed by atoms with E-state index in [1.54, 1.807) is 35.5 Å². The SMILES string of the molecule is O=C(c1ccccc1F)N1CCC[C@@H]1c1nc(-c2cccnc2)cc(=O)[nH]1. The number of hydrogen-bond acceptors (Lipinski definition) is 4. The Hall–Kier alpha value is -3.35. The van der Waals surface area contributed by atoms with Gasteiger partial charge >= 0.3 is 0 Å². The van der Waals surface area contributed by atoms with Crippen molar-refractivity contribution >= 4 is 5.91 Å². The van der Waals surface area contributed by atoms with Crippen molar-refractivity contribution in [2.24, 2.45) is 0 Å². The molecule has 1 atom stereocenters. The standard InChI is InChI=1S/C20H17FN4O2/c21-15-7-2-1-6-14(15)20(27)25-10-4-8-17(25)19-23-16(11-18(26)24-19)13-5-3-9-22-12-13/h1-3,5-7,9,11-12,17H,4,8,10H2,(H,23,24,26)/t17-/m1/s1. The van der Waals surface area contributed by atoms with Crippen LogP contribution in [0.15, 0.2) is 59.7 Å². The molecule has 3 heterocycles. The van der Waals surface area contributed by atoms with Gasteiger partial charge in [0.2, 0.25) is 0 Å². The summed E-state index contributed by atoms with van der Waals surface area (Å²) in [7, 11) is 0. The minimum Gasteiger partial charge on any atom is -0.328 e. The molecule has 1 N–H and O–H groups in total. The lowest BCUT2D eigenvalue weighted by Crippen LogP contribution is -2.33. The molecule has 0 saturated carbocycles. The van der Waals surface area contributed by atoms with E-state index in [4.69, 9.17) is 0 Å². The number of aromatic nitrogens is 3. The highest BCUT2D eigenvalue weighted by molar-refractivity contribution is 5.94. The van der Waals surface area contributed by atoms with Crippen LogP contribution in [0.5, 0.6) is 0 Å². The summed E-state index contributed by atoms with van der Waals surface area (Å²) in [4.78, 5) is 37.9. The van der Waals surface area contributed by atoms with Crippen LogP contribution < -0.4 is 5.56 Å².